The number of nitrogens with one attached hydrogen (secondary N) is 1. The quantitative estimate of drug-likeness (QED) is 0.696. The topological polar surface area (TPSA) is 50.2 Å². The van der Waals surface area contributed by atoms with Crippen molar-refractivity contribution in [2.75, 3.05) is 19.6 Å². The summed E-state index contributed by atoms with van der Waals surface area (Å²) < 4.78 is 1.84. The molecule has 5 nitrogen and oxygen atoms in total. The summed E-state index contributed by atoms with van der Waals surface area (Å²) in [6.07, 6.45) is 0. The van der Waals surface area contributed by atoms with Crippen LogP contribution in [0.2, 0.25) is 5.02 Å². The maximum Gasteiger partial charge on any atom is 0.264 e. The number of halogens is 2. The standard InChI is InChI=1S/C18H19ClN4OS.ClH/c1-11-10-20-7-8-22(11)17(24)16-9-13-12(2)21-23(18(13)25-16)15-6-4-3-5-14(15)19;/h3-6,9,11,20H,7-8,10H2,1-2H3;1H/t11-;/m1./s1. The molecule has 0 bridgehead atoms. The van der Waals surface area contributed by atoms with Crippen molar-refractivity contribution in [2.24, 2.45) is 0 Å². The number of hydrogen-bond acceptors (Lipinski definition) is 4. The Balaban J connectivity index is 0.00000196. The molecule has 0 spiro atoms. The third-order valence-corrected chi connectivity index (χ3v) is 6.02. The van der Waals surface area contributed by atoms with Crippen LogP contribution in [0.4, 0.5) is 0 Å². The van der Waals surface area contributed by atoms with Crippen LogP contribution in [-0.2, 0) is 0 Å². The van der Waals surface area contributed by atoms with E-state index in [-0.39, 0.29) is 24.4 Å². The van der Waals surface area contributed by atoms with Gasteiger partial charge in [-0.05, 0) is 32.0 Å². The Morgan fingerprint density at radius 2 is 2.15 bits per heavy atom. The first-order chi connectivity index (χ1) is 12.1. The number of hydrogen-bond donors (Lipinski definition) is 1. The van der Waals surface area contributed by atoms with E-state index in [9.17, 15) is 4.79 Å². The van der Waals surface area contributed by atoms with Gasteiger partial charge in [0, 0.05) is 31.1 Å². The monoisotopic (exact) mass is 410 g/mol. The fraction of sp³-hybridized carbons (Fsp3) is 0.333. The van der Waals surface area contributed by atoms with Crippen LogP contribution in [0.3, 0.4) is 0 Å². The van der Waals surface area contributed by atoms with E-state index in [0.29, 0.717) is 5.02 Å². The van der Waals surface area contributed by atoms with Gasteiger partial charge in [-0.25, -0.2) is 4.68 Å². The number of fused-ring (bicyclic) bond motifs is 1. The lowest BCUT2D eigenvalue weighted by Crippen LogP contribution is -2.52. The Morgan fingerprint density at radius 3 is 2.88 bits per heavy atom. The van der Waals surface area contributed by atoms with Gasteiger partial charge in [0.05, 0.1) is 21.3 Å². The Kier molecular flexibility index (Phi) is 5.58. The molecule has 3 heterocycles. The maximum atomic E-state index is 13.0. The van der Waals surface area contributed by atoms with Gasteiger partial charge in [-0.3, -0.25) is 4.79 Å². The van der Waals surface area contributed by atoms with E-state index in [1.807, 2.05) is 46.8 Å². The highest BCUT2D eigenvalue weighted by molar-refractivity contribution is 7.20. The predicted molar refractivity (Wildman–Crippen MR) is 109 cm³/mol. The number of piperazine rings is 1. The van der Waals surface area contributed by atoms with E-state index in [1.165, 1.54) is 11.3 Å². The molecule has 138 valence electrons. The fourth-order valence-corrected chi connectivity index (χ4v) is 4.57. The van der Waals surface area contributed by atoms with Gasteiger partial charge >= 0.3 is 0 Å². The summed E-state index contributed by atoms with van der Waals surface area (Å²) >= 11 is 7.82. The summed E-state index contributed by atoms with van der Waals surface area (Å²) in [5, 5.41) is 9.59. The number of benzene rings is 1. The van der Waals surface area contributed by atoms with Crippen molar-refractivity contribution >= 4 is 51.5 Å². The van der Waals surface area contributed by atoms with Gasteiger partial charge in [0.25, 0.3) is 5.91 Å². The average molecular weight is 411 g/mol. The van der Waals surface area contributed by atoms with Crippen LogP contribution in [0, 0.1) is 6.92 Å². The van der Waals surface area contributed by atoms with Crippen molar-refractivity contribution in [3.63, 3.8) is 0 Å². The highest BCUT2D eigenvalue weighted by atomic mass is 35.5. The molecular weight excluding hydrogens is 391 g/mol. The Hall–Kier alpha value is -1.60. The normalized spacial score (nSPS) is 17.3. The Bertz CT molecular complexity index is 952. The van der Waals surface area contributed by atoms with Crippen LogP contribution in [0.25, 0.3) is 15.9 Å². The number of nitrogens with zero attached hydrogens (tertiary/aromatic N) is 3. The number of aromatic nitrogens is 2. The Morgan fingerprint density at radius 1 is 1.38 bits per heavy atom. The number of para-hydroxylation sites is 1. The van der Waals surface area contributed by atoms with Gasteiger partial charge in [0.1, 0.15) is 4.83 Å². The van der Waals surface area contributed by atoms with E-state index in [0.717, 1.165) is 46.1 Å². The van der Waals surface area contributed by atoms with Gasteiger partial charge in [0.2, 0.25) is 0 Å². The molecule has 0 aliphatic carbocycles. The number of thiophene rings is 1. The van der Waals surface area contributed by atoms with Crippen LogP contribution in [0.1, 0.15) is 22.3 Å². The van der Waals surface area contributed by atoms with E-state index < -0.39 is 0 Å². The second-order valence-electron chi connectivity index (χ2n) is 6.33. The van der Waals surface area contributed by atoms with E-state index in [2.05, 4.69) is 17.3 Å². The minimum atomic E-state index is 0. The van der Waals surface area contributed by atoms with Crippen LogP contribution in [0.5, 0.6) is 0 Å². The van der Waals surface area contributed by atoms with E-state index in [4.69, 9.17) is 11.6 Å². The molecule has 3 aromatic rings. The SMILES string of the molecule is Cc1nn(-c2ccccc2Cl)c2sc(C(=O)N3CCNC[C@H]3C)cc12.Cl. The van der Waals surface area contributed by atoms with Crippen LogP contribution >= 0.6 is 35.3 Å². The molecule has 2 aromatic heterocycles. The summed E-state index contributed by atoms with van der Waals surface area (Å²) in [6, 6.07) is 9.79. The number of rotatable bonds is 2. The van der Waals surface area contributed by atoms with Crippen molar-refractivity contribution in [3.05, 3.63) is 45.9 Å². The molecule has 8 heteroatoms. The highest BCUT2D eigenvalue weighted by Crippen LogP contribution is 2.33. The zero-order chi connectivity index (χ0) is 17.6. The molecule has 1 aromatic carbocycles. The predicted octanol–water partition coefficient (Wildman–Crippen LogP) is 3.90. The minimum absolute atomic E-state index is 0. The zero-order valence-electron chi connectivity index (χ0n) is 14.5. The smallest absolute Gasteiger partial charge is 0.264 e. The number of aryl methyl sites for hydroxylation is 1. The molecular formula is C18H20Cl2N4OS. The lowest BCUT2D eigenvalue weighted by molar-refractivity contribution is 0.0661. The first-order valence-electron chi connectivity index (χ1n) is 8.32. The highest BCUT2D eigenvalue weighted by Gasteiger charge is 2.26. The van der Waals surface area contributed by atoms with Gasteiger partial charge < -0.3 is 10.2 Å². The molecule has 0 radical (unpaired) electrons. The molecule has 0 saturated carbocycles. The van der Waals surface area contributed by atoms with Gasteiger partial charge in [-0.1, -0.05) is 23.7 Å². The summed E-state index contributed by atoms with van der Waals surface area (Å²) in [5.41, 5.74) is 1.73. The van der Waals surface area contributed by atoms with E-state index >= 15 is 0 Å². The van der Waals surface area contributed by atoms with Crippen molar-refractivity contribution in [2.45, 2.75) is 19.9 Å². The lowest BCUT2D eigenvalue weighted by Gasteiger charge is -2.33. The third kappa shape index (κ3) is 3.22. The number of carbonyl (C=O) groups is 1. The molecule has 1 atom stereocenters. The molecule has 26 heavy (non-hydrogen) atoms. The zero-order valence-corrected chi connectivity index (χ0v) is 16.9. The number of carbonyl (C=O) groups excluding carboxylic acids is 1. The van der Waals surface area contributed by atoms with Crippen molar-refractivity contribution in [1.29, 1.82) is 0 Å². The molecule has 4 rings (SSSR count). The number of amides is 1. The van der Waals surface area contributed by atoms with Crippen molar-refractivity contribution in [1.82, 2.24) is 20.0 Å². The van der Waals surface area contributed by atoms with Crippen LogP contribution < -0.4 is 5.32 Å². The molecule has 1 fully saturated rings. The van der Waals surface area contributed by atoms with Crippen molar-refractivity contribution in [3.8, 4) is 5.69 Å². The second-order valence-corrected chi connectivity index (χ2v) is 7.77. The largest absolute Gasteiger partial charge is 0.333 e. The van der Waals surface area contributed by atoms with E-state index in [1.54, 1.807) is 0 Å². The first-order valence-corrected chi connectivity index (χ1v) is 9.51. The van der Waals surface area contributed by atoms with Crippen LogP contribution in [0.15, 0.2) is 30.3 Å². The minimum Gasteiger partial charge on any atom is -0.333 e. The van der Waals surface area contributed by atoms with Crippen molar-refractivity contribution < 1.29 is 4.79 Å². The average Bonchev–Trinajstić information content (AvgIpc) is 3.16. The summed E-state index contributed by atoms with van der Waals surface area (Å²) in [7, 11) is 0. The third-order valence-electron chi connectivity index (χ3n) is 4.60. The molecule has 1 aliphatic rings. The Labute approximate surface area is 167 Å². The molecule has 1 amide bonds. The second kappa shape index (κ2) is 7.56. The van der Waals surface area contributed by atoms with Gasteiger partial charge in [0.15, 0.2) is 0 Å². The van der Waals surface area contributed by atoms with Crippen LogP contribution in [-0.4, -0.2) is 46.3 Å². The molecule has 1 aliphatic heterocycles. The van der Waals surface area contributed by atoms with Gasteiger partial charge in [-0.2, -0.15) is 5.10 Å². The lowest BCUT2D eigenvalue weighted by atomic mass is 10.2. The van der Waals surface area contributed by atoms with Gasteiger partial charge in [-0.15, -0.1) is 23.7 Å². The molecule has 0 unspecified atom stereocenters. The summed E-state index contributed by atoms with van der Waals surface area (Å²) in [6.45, 7) is 6.46. The first kappa shape index (κ1) is 19.2. The summed E-state index contributed by atoms with van der Waals surface area (Å²) in [5.74, 6) is 0.0975. The maximum absolute atomic E-state index is 13.0. The fourth-order valence-electron chi connectivity index (χ4n) is 3.22. The molecule has 1 N–H and O–H groups in total. The molecule has 1 saturated heterocycles. The summed E-state index contributed by atoms with van der Waals surface area (Å²) in [4.78, 5) is 16.6.